The van der Waals surface area contributed by atoms with Crippen LogP contribution >= 0.6 is 0 Å². The molecule has 0 amide bonds. The first-order valence-electron chi connectivity index (χ1n) is 6.27. The van der Waals surface area contributed by atoms with E-state index < -0.39 is 0 Å². The summed E-state index contributed by atoms with van der Waals surface area (Å²) in [5, 5.41) is 3.57. The lowest BCUT2D eigenvalue weighted by Gasteiger charge is -2.28. The van der Waals surface area contributed by atoms with Crippen molar-refractivity contribution in [3.05, 3.63) is 23.8 Å². The van der Waals surface area contributed by atoms with Crippen LogP contribution in [0.5, 0.6) is 5.75 Å². The topological polar surface area (TPSA) is 24.5 Å². The van der Waals surface area contributed by atoms with Crippen LogP contribution in [0.15, 0.2) is 18.2 Å². The van der Waals surface area contributed by atoms with Gasteiger partial charge in [0.2, 0.25) is 0 Å². The summed E-state index contributed by atoms with van der Waals surface area (Å²) in [6.45, 7) is 0.962. The van der Waals surface area contributed by atoms with E-state index in [1.54, 1.807) is 7.11 Å². The highest BCUT2D eigenvalue weighted by atomic mass is 16.5. The molecule has 3 heteroatoms. The first-order chi connectivity index (χ1) is 8.19. The van der Waals surface area contributed by atoms with Crippen molar-refractivity contribution >= 4 is 5.69 Å². The minimum Gasteiger partial charge on any atom is -0.495 e. The second kappa shape index (κ2) is 5.41. The van der Waals surface area contributed by atoms with Gasteiger partial charge in [-0.25, -0.2) is 0 Å². The Morgan fingerprint density at radius 1 is 1.35 bits per heavy atom. The highest BCUT2D eigenvalue weighted by Gasteiger charge is 2.18. The molecule has 0 saturated heterocycles. The Labute approximate surface area is 104 Å². The lowest BCUT2D eigenvalue weighted by molar-refractivity contribution is 0.398. The molecular weight excluding hydrogens is 212 g/mol. The van der Waals surface area contributed by atoms with Crippen molar-refractivity contribution in [1.82, 2.24) is 4.90 Å². The average molecular weight is 234 g/mol. The van der Waals surface area contributed by atoms with Crippen LogP contribution in [0.2, 0.25) is 0 Å². The number of ether oxygens (including phenoxy) is 1. The van der Waals surface area contributed by atoms with Crippen LogP contribution in [-0.2, 0) is 6.54 Å². The molecule has 0 aromatic heterocycles. The monoisotopic (exact) mass is 234 g/mol. The second-order valence-corrected chi connectivity index (χ2v) is 5.04. The highest BCUT2D eigenvalue weighted by molar-refractivity contribution is 5.58. The van der Waals surface area contributed by atoms with Crippen molar-refractivity contribution < 1.29 is 4.74 Å². The van der Waals surface area contributed by atoms with Crippen LogP contribution in [0.3, 0.4) is 0 Å². The Balaban J connectivity index is 2.13. The summed E-state index contributed by atoms with van der Waals surface area (Å²) in [6, 6.07) is 7.03. The average Bonchev–Trinajstić information content (AvgIpc) is 2.23. The van der Waals surface area contributed by atoms with Crippen LogP contribution in [-0.4, -0.2) is 32.1 Å². The molecule has 1 fully saturated rings. The van der Waals surface area contributed by atoms with E-state index >= 15 is 0 Å². The SMILES string of the molecule is COc1ccc(CN(C)C)cc1NC1CCC1. The van der Waals surface area contributed by atoms with Gasteiger partial charge in [0.15, 0.2) is 0 Å². The number of anilines is 1. The summed E-state index contributed by atoms with van der Waals surface area (Å²) in [6.07, 6.45) is 3.90. The summed E-state index contributed by atoms with van der Waals surface area (Å²) in [5.74, 6) is 0.944. The van der Waals surface area contributed by atoms with E-state index in [0.29, 0.717) is 6.04 Å². The van der Waals surface area contributed by atoms with Crippen molar-refractivity contribution in [2.45, 2.75) is 31.8 Å². The lowest BCUT2D eigenvalue weighted by atomic mass is 9.93. The largest absolute Gasteiger partial charge is 0.495 e. The fraction of sp³-hybridized carbons (Fsp3) is 0.571. The predicted molar refractivity (Wildman–Crippen MR) is 71.6 cm³/mol. The van der Waals surface area contributed by atoms with Crippen molar-refractivity contribution in [1.29, 1.82) is 0 Å². The Hall–Kier alpha value is -1.22. The molecule has 0 spiro atoms. The molecule has 1 aromatic rings. The molecule has 1 aromatic carbocycles. The van der Waals surface area contributed by atoms with Gasteiger partial charge in [-0.2, -0.15) is 0 Å². The first-order valence-corrected chi connectivity index (χ1v) is 6.27. The maximum Gasteiger partial charge on any atom is 0.141 e. The fourth-order valence-electron chi connectivity index (χ4n) is 2.10. The third-order valence-corrected chi connectivity index (χ3v) is 3.23. The van der Waals surface area contributed by atoms with Gasteiger partial charge in [0.25, 0.3) is 0 Å². The van der Waals surface area contributed by atoms with E-state index in [-0.39, 0.29) is 0 Å². The number of rotatable bonds is 5. The standard InChI is InChI=1S/C14H22N2O/c1-16(2)10-11-7-8-14(17-3)13(9-11)15-12-5-4-6-12/h7-9,12,15H,4-6,10H2,1-3H3. The predicted octanol–water partition coefficient (Wildman–Crippen LogP) is 2.72. The van der Waals surface area contributed by atoms with Gasteiger partial charge in [-0.1, -0.05) is 6.07 Å². The number of benzene rings is 1. The molecule has 0 aliphatic heterocycles. The molecule has 17 heavy (non-hydrogen) atoms. The molecule has 0 atom stereocenters. The van der Waals surface area contributed by atoms with E-state index in [1.165, 1.54) is 24.8 Å². The summed E-state index contributed by atoms with van der Waals surface area (Å²) in [5.41, 5.74) is 2.45. The zero-order chi connectivity index (χ0) is 12.3. The molecule has 0 radical (unpaired) electrons. The maximum absolute atomic E-state index is 5.40. The van der Waals surface area contributed by atoms with Gasteiger partial charge >= 0.3 is 0 Å². The van der Waals surface area contributed by atoms with Crippen LogP contribution in [0.1, 0.15) is 24.8 Å². The first kappa shape index (κ1) is 12.2. The number of hydrogen-bond donors (Lipinski definition) is 1. The van der Waals surface area contributed by atoms with Crippen molar-refractivity contribution in [3.8, 4) is 5.75 Å². The van der Waals surface area contributed by atoms with Crippen LogP contribution in [0, 0.1) is 0 Å². The van der Waals surface area contributed by atoms with Crippen molar-refractivity contribution in [2.75, 3.05) is 26.5 Å². The Morgan fingerprint density at radius 2 is 2.12 bits per heavy atom. The zero-order valence-corrected chi connectivity index (χ0v) is 11.0. The molecule has 0 heterocycles. The van der Waals surface area contributed by atoms with E-state index in [2.05, 4.69) is 42.5 Å². The van der Waals surface area contributed by atoms with Gasteiger partial charge in [-0.15, -0.1) is 0 Å². The highest BCUT2D eigenvalue weighted by Crippen LogP contribution is 2.30. The summed E-state index contributed by atoms with van der Waals surface area (Å²) in [4.78, 5) is 2.18. The van der Waals surface area contributed by atoms with Crippen LogP contribution in [0.4, 0.5) is 5.69 Å². The van der Waals surface area contributed by atoms with E-state index in [9.17, 15) is 0 Å². The normalized spacial score (nSPS) is 15.8. The molecule has 2 rings (SSSR count). The van der Waals surface area contributed by atoms with E-state index in [4.69, 9.17) is 4.74 Å². The Bertz CT molecular complexity index is 372. The maximum atomic E-state index is 5.40. The molecule has 1 aliphatic rings. The third kappa shape index (κ3) is 3.13. The molecule has 1 saturated carbocycles. The quantitative estimate of drug-likeness (QED) is 0.847. The molecule has 1 N–H and O–H groups in total. The number of methoxy groups -OCH3 is 1. The zero-order valence-electron chi connectivity index (χ0n) is 11.0. The number of nitrogens with one attached hydrogen (secondary N) is 1. The smallest absolute Gasteiger partial charge is 0.141 e. The van der Waals surface area contributed by atoms with Gasteiger partial charge in [-0.05, 0) is 51.1 Å². The molecule has 3 nitrogen and oxygen atoms in total. The Morgan fingerprint density at radius 3 is 2.65 bits per heavy atom. The minimum absolute atomic E-state index is 0.638. The van der Waals surface area contributed by atoms with Gasteiger partial charge in [0.05, 0.1) is 12.8 Å². The van der Waals surface area contributed by atoms with Crippen molar-refractivity contribution in [2.24, 2.45) is 0 Å². The number of hydrogen-bond acceptors (Lipinski definition) is 3. The van der Waals surface area contributed by atoms with E-state index in [1.807, 2.05) is 0 Å². The summed E-state index contributed by atoms with van der Waals surface area (Å²) >= 11 is 0. The van der Waals surface area contributed by atoms with Gasteiger partial charge in [-0.3, -0.25) is 0 Å². The van der Waals surface area contributed by atoms with E-state index in [0.717, 1.165) is 18.0 Å². The van der Waals surface area contributed by atoms with Gasteiger partial charge in [0.1, 0.15) is 5.75 Å². The second-order valence-electron chi connectivity index (χ2n) is 5.04. The fourth-order valence-corrected chi connectivity index (χ4v) is 2.10. The van der Waals surface area contributed by atoms with Gasteiger partial charge < -0.3 is 15.0 Å². The third-order valence-electron chi connectivity index (χ3n) is 3.23. The summed E-state index contributed by atoms with van der Waals surface area (Å²) in [7, 11) is 5.90. The molecule has 0 unspecified atom stereocenters. The molecular formula is C14H22N2O. The minimum atomic E-state index is 0.638. The van der Waals surface area contributed by atoms with Gasteiger partial charge in [0, 0.05) is 12.6 Å². The molecule has 1 aliphatic carbocycles. The lowest BCUT2D eigenvalue weighted by Crippen LogP contribution is -2.27. The summed E-state index contributed by atoms with van der Waals surface area (Å²) < 4.78 is 5.40. The van der Waals surface area contributed by atoms with Crippen molar-refractivity contribution in [3.63, 3.8) is 0 Å². The number of nitrogens with zero attached hydrogens (tertiary/aromatic N) is 1. The van der Waals surface area contributed by atoms with Crippen LogP contribution < -0.4 is 10.1 Å². The van der Waals surface area contributed by atoms with Crippen LogP contribution in [0.25, 0.3) is 0 Å². The molecule has 0 bridgehead atoms. The Kier molecular flexibility index (Phi) is 3.89. The molecule has 94 valence electrons.